The summed E-state index contributed by atoms with van der Waals surface area (Å²) in [7, 11) is 0. The highest BCUT2D eigenvalue weighted by molar-refractivity contribution is 9.09. The van der Waals surface area contributed by atoms with Crippen LogP contribution in [0.15, 0.2) is 22.5 Å². The molecule has 15 heavy (non-hydrogen) atoms. The highest BCUT2D eigenvalue weighted by Gasteiger charge is 2.21. The van der Waals surface area contributed by atoms with Crippen LogP contribution in [0.25, 0.3) is 0 Å². The van der Waals surface area contributed by atoms with Gasteiger partial charge in [0.25, 0.3) is 0 Å². The molecule has 0 fully saturated rings. The predicted molar refractivity (Wildman–Crippen MR) is 61.1 cm³/mol. The molecule has 3 nitrogen and oxygen atoms in total. The molecule has 1 unspecified atom stereocenters. The lowest BCUT2D eigenvalue weighted by Gasteiger charge is -2.15. The second-order valence-corrected chi connectivity index (χ2v) is 4.69. The molecule has 80 valence electrons. The Bertz CT molecular complexity index is 424. The Balaban J connectivity index is 2.38. The maximum atomic E-state index is 13.5. The molecule has 0 N–H and O–H groups in total. The third kappa shape index (κ3) is 1.99. The average molecular weight is 293 g/mol. The van der Waals surface area contributed by atoms with Gasteiger partial charge in [0, 0.05) is 5.56 Å². The molecule has 0 aromatic heterocycles. The number of hydrogen-bond donors (Lipinski definition) is 0. The van der Waals surface area contributed by atoms with Gasteiger partial charge in [-0.15, -0.1) is 0 Å². The number of halogens is 3. The van der Waals surface area contributed by atoms with Crippen LogP contribution in [-0.4, -0.2) is 11.5 Å². The van der Waals surface area contributed by atoms with Gasteiger partial charge in [0.15, 0.2) is 0 Å². The lowest BCUT2D eigenvalue weighted by Crippen LogP contribution is -2.18. The van der Waals surface area contributed by atoms with Crippen molar-refractivity contribution < 1.29 is 4.39 Å². The van der Waals surface area contributed by atoms with Gasteiger partial charge >= 0.3 is 0 Å². The Morgan fingerprint density at radius 2 is 2.33 bits per heavy atom. The van der Waals surface area contributed by atoms with Crippen molar-refractivity contribution in [1.82, 2.24) is 0 Å². The van der Waals surface area contributed by atoms with Gasteiger partial charge in [0.05, 0.1) is 17.3 Å². The first-order chi connectivity index (χ1) is 7.09. The maximum Gasteiger partial charge on any atom is 0.147 e. The van der Waals surface area contributed by atoms with Gasteiger partial charge in [-0.05, 0) is 19.1 Å². The molecule has 0 saturated heterocycles. The van der Waals surface area contributed by atoms with Crippen molar-refractivity contribution >= 4 is 33.2 Å². The van der Waals surface area contributed by atoms with Crippen LogP contribution < -0.4 is 5.01 Å². The first-order valence-electron chi connectivity index (χ1n) is 4.36. The van der Waals surface area contributed by atoms with E-state index >= 15 is 0 Å². The molecule has 6 heteroatoms. The van der Waals surface area contributed by atoms with Crippen LogP contribution in [0.4, 0.5) is 10.1 Å². The zero-order chi connectivity index (χ0) is 11.0. The monoisotopic (exact) mass is 291 g/mol. The minimum atomic E-state index is -0.401. The Hall–Kier alpha value is -0.680. The van der Waals surface area contributed by atoms with Crippen LogP contribution in [0.1, 0.15) is 5.56 Å². The van der Waals surface area contributed by atoms with Crippen LogP contribution in [0.5, 0.6) is 0 Å². The summed E-state index contributed by atoms with van der Waals surface area (Å²) < 4.78 is 13.5. The van der Waals surface area contributed by atoms with Gasteiger partial charge in [-0.2, -0.15) is 5.11 Å². The summed E-state index contributed by atoms with van der Waals surface area (Å²) in [6.07, 6.45) is 0. The molecule has 1 aliphatic rings. The van der Waals surface area contributed by atoms with Crippen molar-refractivity contribution in [2.24, 2.45) is 10.3 Å². The number of hydrogen-bond acceptors (Lipinski definition) is 3. The van der Waals surface area contributed by atoms with Crippen molar-refractivity contribution in [1.29, 1.82) is 0 Å². The van der Waals surface area contributed by atoms with Gasteiger partial charge in [-0.1, -0.05) is 32.8 Å². The van der Waals surface area contributed by atoms with E-state index < -0.39 is 5.82 Å². The maximum absolute atomic E-state index is 13.5. The van der Waals surface area contributed by atoms with Gasteiger partial charge < -0.3 is 0 Å². The Morgan fingerprint density at radius 3 is 2.93 bits per heavy atom. The summed E-state index contributed by atoms with van der Waals surface area (Å²) in [4.78, 5) is -0.0318. The lowest BCUT2D eigenvalue weighted by molar-refractivity contribution is 0.618. The Morgan fingerprint density at radius 1 is 1.60 bits per heavy atom. The van der Waals surface area contributed by atoms with Gasteiger partial charge in [-0.3, -0.25) is 0 Å². The topological polar surface area (TPSA) is 28.0 Å². The lowest BCUT2D eigenvalue weighted by atomic mass is 10.2. The smallest absolute Gasteiger partial charge is 0.147 e. The average Bonchev–Trinajstić information content (AvgIpc) is 2.61. The number of nitrogens with zero attached hydrogens (tertiary/aromatic N) is 3. The van der Waals surface area contributed by atoms with Crippen LogP contribution in [0.3, 0.4) is 0 Å². The zero-order valence-corrected chi connectivity index (χ0v) is 10.3. The van der Waals surface area contributed by atoms with E-state index in [-0.39, 0.29) is 9.97 Å². The number of benzene rings is 1. The summed E-state index contributed by atoms with van der Waals surface area (Å²) in [6.45, 7) is 2.27. The standard InChI is InChI=1S/C9H8BrClFN3/c1-5-7(3-2-6(11)9(5)12)15-4-8(10)13-14-15/h2-3,8H,4H2,1H3. The summed E-state index contributed by atoms with van der Waals surface area (Å²) in [6, 6.07) is 3.26. The molecule has 2 rings (SSSR count). The second-order valence-electron chi connectivity index (χ2n) is 3.23. The SMILES string of the molecule is Cc1c(N2CC(Br)N=N2)ccc(Cl)c1F. The molecule has 0 aliphatic carbocycles. The van der Waals surface area contributed by atoms with Gasteiger partial charge in [-0.25, -0.2) is 9.40 Å². The molecule has 1 aliphatic heterocycles. The van der Waals surface area contributed by atoms with Gasteiger partial charge in [0.1, 0.15) is 10.8 Å². The molecule has 0 radical (unpaired) electrons. The largest absolute Gasteiger partial charge is 0.244 e. The summed E-state index contributed by atoms with van der Waals surface area (Å²) in [5.74, 6) is -0.401. The van der Waals surface area contributed by atoms with E-state index in [9.17, 15) is 4.39 Å². The van der Waals surface area contributed by atoms with E-state index in [1.807, 2.05) is 0 Å². The molecule has 1 aromatic carbocycles. The van der Waals surface area contributed by atoms with E-state index in [2.05, 4.69) is 26.3 Å². The molecule has 1 aromatic rings. The quantitative estimate of drug-likeness (QED) is 0.573. The Kier molecular flexibility index (Phi) is 2.93. The van der Waals surface area contributed by atoms with Crippen molar-refractivity contribution in [3.05, 3.63) is 28.5 Å². The van der Waals surface area contributed by atoms with Crippen LogP contribution in [0, 0.1) is 12.7 Å². The van der Waals surface area contributed by atoms with Crippen LogP contribution in [0.2, 0.25) is 5.02 Å². The fraction of sp³-hybridized carbons (Fsp3) is 0.333. The summed E-state index contributed by atoms with van der Waals surface area (Å²) >= 11 is 8.98. The molecule has 0 spiro atoms. The number of alkyl halides is 1. The molecular weight excluding hydrogens is 284 g/mol. The van der Waals surface area contributed by atoms with Crippen LogP contribution in [-0.2, 0) is 0 Å². The highest BCUT2D eigenvalue weighted by Crippen LogP contribution is 2.30. The molecule has 0 amide bonds. The second kappa shape index (κ2) is 4.06. The number of anilines is 1. The summed E-state index contributed by atoms with van der Waals surface area (Å²) in [5, 5.41) is 9.59. The van der Waals surface area contributed by atoms with Crippen LogP contribution >= 0.6 is 27.5 Å². The first-order valence-corrected chi connectivity index (χ1v) is 5.66. The highest BCUT2D eigenvalue weighted by atomic mass is 79.9. The molecule has 1 heterocycles. The molecule has 1 atom stereocenters. The molecule has 0 saturated carbocycles. The minimum Gasteiger partial charge on any atom is -0.244 e. The van der Waals surface area contributed by atoms with E-state index in [1.54, 1.807) is 18.0 Å². The van der Waals surface area contributed by atoms with E-state index in [1.165, 1.54) is 6.07 Å². The fourth-order valence-electron chi connectivity index (χ4n) is 1.40. The van der Waals surface area contributed by atoms with Crippen molar-refractivity contribution in [3.63, 3.8) is 0 Å². The van der Waals surface area contributed by atoms with Gasteiger partial charge in [0.2, 0.25) is 0 Å². The van der Waals surface area contributed by atoms with Crippen molar-refractivity contribution in [2.45, 2.75) is 11.9 Å². The normalized spacial score (nSPS) is 20.0. The van der Waals surface area contributed by atoms with E-state index in [0.29, 0.717) is 17.8 Å². The van der Waals surface area contributed by atoms with E-state index in [4.69, 9.17) is 11.6 Å². The number of rotatable bonds is 1. The van der Waals surface area contributed by atoms with E-state index in [0.717, 1.165) is 0 Å². The fourth-order valence-corrected chi connectivity index (χ4v) is 1.96. The minimum absolute atomic E-state index is 0.0318. The first kappa shape index (κ1) is 10.8. The third-order valence-corrected chi connectivity index (χ3v) is 2.96. The third-order valence-electron chi connectivity index (χ3n) is 2.20. The zero-order valence-electron chi connectivity index (χ0n) is 7.91. The summed E-state index contributed by atoms with van der Waals surface area (Å²) in [5.41, 5.74) is 1.19. The predicted octanol–water partition coefficient (Wildman–Crippen LogP) is 3.70. The van der Waals surface area contributed by atoms with Crippen molar-refractivity contribution in [3.8, 4) is 0 Å². The Labute approximate surface area is 100 Å². The van der Waals surface area contributed by atoms with Crippen molar-refractivity contribution in [2.75, 3.05) is 11.6 Å². The molecule has 0 bridgehead atoms. The molecular formula is C9H8BrClFN3.